The molecule has 0 amide bonds. The lowest BCUT2D eigenvalue weighted by Gasteiger charge is -2.18. The van der Waals surface area contributed by atoms with Crippen molar-refractivity contribution in [3.63, 3.8) is 0 Å². The number of hydrogen-bond donors (Lipinski definition) is 0. The second kappa shape index (κ2) is 47.3. The second-order valence-electron chi connectivity index (χ2n) is 16.7. The quantitative estimate of drug-likeness (QED) is 0.0264. The highest BCUT2D eigenvalue weighted by Crippen LogP contribution is 2.15. The van der Waals surface area contributed by atoms with E-state index in [9.17, 15) is 14.4 Å². The summed E-state index contributed by atoms with van der Waals surface area (Å²) >= 11 is 0. The smallest absolute Gasteiger partial charge is 0.306 e. The summed E-state index contributed by atoms with van der Waals surface area (Å²) in [7, 11) is 0. The fourth-order valence-electron chi connectivity index (χ4n) is 7.05. The molecule has 0 spiro atoms. The number of unbranched alkanes of at least 4 members (excludes halogenated alkanes) is 28. The summed E-state index contributed by atoms with van der Waals surface area (Å²) in [5, 5.41) is 0. The van der Waals surface area contributed by atoms with E-state index in [1.165, 1.54) is 122 Å². The zero-order valence-electron chi connectivity index (χ0n) is 38.6. The van der Waals surface area contributed by atoms with Crippen molar-refractivity contribution in [2.75, 3.05) is 13.2 Å². The summed E-state index contributed by atoms with van der Waals surface area (Å²) in [6.07, 6.45) is 54.1. The molecule has 1 unspecified atom stereocenters. The van der Waals surface area contributed by atoms with E-state index in [0.717, 1.165) is 96.3 Å². The van der Waals surface area contributed by atoms with E-state index in [-0.39, 0.29) is 31.1 Å². The van der Waals surface area contributed by atoms with E-state index in [4.69, 9.17) is 14.2 Å². The first kappa shape index (κ1) is 55.6. The molecule has 0 rings (SSSR count). The molecule has 0 saturated heterocycles. The summed E-state index contributed by atoms with van der Waals surface area (Å²) in [5.41, 5.74) is 0. The van der Waals surface area contributed by atoms with Crippen LogP contribution in [0.5, 0.6) is 0 Å². The van der Waals surface area contributed by atoms with Crippen LogP contribution in [0.4, 0.5) is 0 Å². The summed E-state index contributed by atoms with van der Waals surface area (Å²) in [6.45, 7) is 6.53. The minimum Gasteiger partial charge on any atom is -0.462 e. The number of ether oxygens (including phenoxy) is 3. The van der Waals surface area contributed by atoms with Gasteiger partial charge in [0.2, 0.25) is 0 Å². The molecule has 0 aliphatic heterocycles. The highest BCUT2D eigenvalue weighted by atomic mass is 16.6. The molecule has 1 atom stereocenters. The van der Waals surface area contributed by atoms with Gasteiger partial charge in [-0.05, 0) is 64.2 Å². The van der Waals surface area contributed by atoms with Crippen LogP contribution in [0.1, 0.15) is 258 Å². The van der Waals surface area contributed by atoms with Gasteiger partial charge < -0.3 is 14.2 Å². The van der Waals surface area contributed by atoms with Crippen molar-refractivity contribution in [3.05, 3.63) is 36.5 Å². The number of esters is 3. The van der Waals surface area contributed by atoms with Crippen molar-refractivity contribution in [1.29, 1.82) is 0 Å². The number of rotatable bonds is 45. The van der Waals surface area contributed by atoms with Crippen LogP contribution >= 0.6 is 0 Å². The second-order valence-corrected chi connectivity index (χ2v) is 16.7. The lowest BCUT2D eigenvalue weighted by molar-refractivity contribution is -0.167. The fraction of sp³-hybridized carbons (Fsp3) is 0.827. The third kappa shape index (κ3) is 44.7. The molecule has 0 aromatic rings. The zero-order valence-corrected chi connectivity index (χ0v) is 38.6. The molecule has 6 nitrogen and oxygen atoms in total. The Hall–Kier alpha value is -2.37. The number of carbonyl (C=O) groups is 3. The topological polar surface area (TPSA) is 78.9 Å². The van der Waals surface area contributed by atoms with Gasteiger partial charge in [0, 0.05) is 19.3 Å². The van der Waals surface area contributed by atoms with Crippen molar-refractivity contribution >= 4 is 17.9 Å². The first-order valence-electron chi connectivity index (χ1n) is 25.0. The van der Waals surface area contributed by atoms with E-state index in [0.29, 0.717) is 19.3 Å². The Kier molecular flexibility index (Phi) is 45.4. The van der Waals surface area contributed by atoms with E-state index < -0.39 is 6.10 Å². The summed E-state index contributed by atoms with van der Waals surface area (Å²) in [5.74, 6) is -0.895. The Morgan fingerprint density at radius 2 is 0.672 bits per heavy atom. The monoisotopic (exact) mass is 815 g/mol. The molecular formula is C52H94O6. The first-order valence-corrected chi connectivity index (χ1v) is 25.0. The van der Waals surface area contributed by atoms with Gasteiger partial charge in [-0.15, -0.1) is 0 Å². The van der Waals surface area contributed by atoms with E-state index in [2.05, 4.69) is 57.2 Å². The van der Waals surface area contributed by atoms with Crippen LogP contribution in [0, 0.1) is 0 Å². The molecule has 0 aromatic carbocycles. The standard InChI is InChI=1S/C52H94O6/c1-4-7-10-13-16-19-22-24-25-26-28-30-33-36-39-42-45-51(54)57-48-49(47-56-50(53)44-41-38-35-32-29-21-18-15-12-9-6-3)58-52(55)46-43-40-37-34-31-27-23-20-17-14-11-8-5-2/h11,14-15,18,20,23,49H,4-10,12-13,16-17,19,21-22,24-48H2,1-3H3/b14-11-,18-15-,23-20-. The van der Waals surface area contributed by atoms with Crippen LogP contribution < -0.4 is 0 Å². The molecule has 0 radical (unpaired) electrons. The highest BCUT2D eigenvalue weighted by Gasteiger charge is 2.19. The molecule has 0 aliphatic carbocycles. The minimum absolute atomic E-state index is 0.0779. The molecular weight excluding hydrogens is 721 g/mol. The summed E-state index contributed by atoms with van der Waals surface area (Å²) in [6, 6.07) is 0. The third-order valence-corrected chi connectivity index (χ3v) is 10.8. The SMILES string of the molecule is CCC/C=C\C/C=C\CCCCCCCC(=O)OC(COC(=O)CCCCCCC/C=C\CCCC)COC(=O)CCCCCCCCCCCCCCCCCC. The number of carbonyl (C=O) groups excluding carboxylic acids is 3. The normalized spacial score (nSPS) is 12.3. The van der Waals surface area contributed by atoms with E-state index in [1.807, 2.05) is 0 Å². The average molecular weight is 815 g/mol. The molecule has 0 aromatic heterocycles. The lowest BCUT2D eigenvalue weighted by Crippen LogP contribution is -2.30. The van der Waals surface area contributed by atoms with Crippen molar-refractivity contribution in [1.82, 2.24) is 0 Å². The van der Waals surface area contributed by atoms with Crippen LogP contribution in [-0.2, 0) is 28.6 Å². The Bertz CT molecular complexity index is 984. The van der Waals surface area contributed by atoms with Crippen molar-refractivity contribution in [2.45, 2.75) is 264 Å². The van der Waals surface area contributed by atoms with Gasteiger partial charge in [0.15, 0.2) is 6.10 Å². The van der Waals surface area contributed by atoms with Crippen LogP contribution in [0.3, 0.4) is 0 Å². The van der Waals surface area contributed by atoms with Gasteiger partial charge in [0.25, 0.3) is 0 Å². The predicted molar refractivity (Wildman–Crippen MR) is 247 cm³/mol. The number of hydrogen-bond acceptors (Lipinski definition) is 6. The molecule has 58 heavy (non-hydrogen) atoms. The summed E-state index contributed by atoms with van der Waals surface area (Å²) < 4.78 is 16.7. The Morgan fingerprint density at radius 1 is 0.345 bits per heavy atom. The maximum Gasteiger partial charge on any atom is 0.306 e. The number of allylic oxidation sites excluding steroid dienone is 6. The fourth-order valence-corrected chi connectivity index (χ4v) is 7.05. The average Bonchev–Trinajstić information content (AvgIpc) is 3.22. The zero-order chi connectivity index (χ0) is 42.3. The van der Waals surface area contributed by atoms with Gasteiger partial charge in [0.1, 0.15) is 13.2 Å². The maximum atomic E-state index is 12.7. The lowest BCUT2D eigenvalue weighted by atomic mass is 10.0. The third-order valence-electron chi connectivity index (χ3n) is 10.8. The van der Waals surface area contributed by atoms with Gasteiger partial charge in [-0.3, -0.25) is 14.4 Å². The van der Waals surface area contributed by atoms with Gasteiger partial charge in [-0.1, -0.05) is 211 Å². The Balaban J connectivity index is 4.35. The first-order chi connectivity index (χ1) is 28.5. The maximum absolute atomic E-state index is 12.7. The van der Waals surface area contributed by atoms with E-state index in [1.54, 1.807) is 0 Å². The largest absolute Gasteiger partial charge is 0.462 e. The Morgan fingerprint density at radius 3 is 1.09 bits per heavy atom. The van der Waals surface area contributed by atoms with Gasteiger partial charge in [-0.2, -0.15) is 0 Å². The molecule has 0 N–H and O–H groups in total. The van der Waals surface area contributed by atoms with Gasteiger partial charge in [-0.25, -0.2) is 0 Å². The minimum atomic E-state index is -0.778. The molecule has 0 aliphatic rings. The van der Waals surface area contributed by atoms with Crippen molar-refractivity contribution < 1.29 is 28.6 Å². The predicted octanol–water partition coefficient (Wildman–Crippen LogP) is 16.1. The van der Waals surface area contributed by atoms with Gasteiger partial charge in [0.05, 0.1) is 0 Å². The molecule has 0 bridgehead atoms. The van der Waals surface area contributed by atoms with Crippen molar-refractivity contribution in [2.24, 2.45) is 0 Å². The van der Waals surface area contributed by atoms with Crippen LogP contribution in [0.25, 0.3) is 0 Å². The van der Waals surface area contributed by atoms with Crippen LogP contribution in [0.15, 0.2) is 36.5 Å². The van der Waals surface area contributed by atoms with E-state index >= 15 is 0 Å². The van der Waals surface area contributed by atoms with Crippen LogP contribution in [-0.4, -0.2) is 37.2 Å². The van der Waals surface area contributed by atoms with Crippen molar-refractivity contribution in [3.8, 4) is 0 Å². The van der Waals surface area contributed by atoms with Gasteiger partial charge >= 0.3 is 17.9 Å². The molecule has 6 heteroatoms. The summed E-state index contributed by atoms with van der Waals surface area (Å²) in [4.78, 5) is 37.8. The Labute approximate surface area is 359 Å². The molecule has 338 valence electrons. The van der Waals surface area contributed by atoms with Crippen LogP contribution in [0.2, 0.25) is 0 Å². The highest BCUT2D eigenvalue weighted by molar-refractivity contribution is 5.71. The molecule has 0 fully saturated rings. The molecule has 0 saturated carbocycles. The molecule has 0 heterocycles.